The molecule has 0 aliphatic heterocycles. The van der Waals surface area contributed by atoms with Gasteiger partial charge in [0.1, 0.15) is 11.8 Å². The Hall–Kier alpha value is -3.07. The Kier molecular flexibility index (Phi) is 3.17. The lowest BCUT2D eigenvalue weighted by atomic mass is 10.3. The van der Waals surface area contributed by atoms with Crippen LogP contribution in [-0.4, -0.2) is 14.8 Å². The molecule has 20 heavy (non-hydrogen) atoms. The molecule has 0 bridgehead atoms. The fraction of sp³-hybridized carbons (Fsp3) is 0.0714. The maximum Gasteiger partial charge on any atom is 0.203 e. The van der Waals surface area contributed by atoms with Crippen LogP contribution in [0, 0.1) is 11.3 Å². The predicted molar refractivity (Wildman–Crippen MR) is 72.1 cm³/mol. The summed E-state index contributed by atoms with van der Waals surface area (Å²) in [5, 5.41) is 16.0. The lowest BCUT2D eigenvalue weighted by molar-refractivity contribution is 0.506. The fourth-order valence-corrected chi connectivity index (χ4v) is 1.75. The Morgan fingerprint density at radius 1 is 1.30 bits per heavy atom. The first-order valence-electron chi connectivity index (χ1n) is 6.04. The third kappa shape index (κ3) is 2.52. The van der Waals surface area contributed by atoms with Gasteiger partial charge in [-0.2, -0.15) is 10.4 Å². The first kappa shape index (κ1) is 12.0. The smallest absolute Gasteiger partial charge is 0.203 e. The van der Waals surface area contributed by atoms with Crippen LogP contribution < -0.4 is 5.32 Å². The third-order valence-electron chi connectivity index (χ3n) is 2.73. The van der Waals surface area contributed by atoms with E-state index in [1.54, 1.807) is 29.2 Å². The first-order chi connectivity index (χ1) is 9.85. The van der Waals surface area contributed by atoms with Crippen molar-refractivity contribution in [3.8, 4) is 11.9 Å². The Morgan fingerprint density at radius 3 is 2.90 bits per heavy atom. The molecule has 0 radical (unpaired) electrons. The number of pyridine rings is 1. The molecular formula is C14H11N5O. The van der Waals surface area contributed by atoms with Crippen LogP contribution in [0.5, 0.6) is 0 Å². The van der Waals surface area contributed by atoms with Gasteiger partial charge >= 0.3 is 0 Å². The lowest BCUT2D eigenvalue weighted by Crippen LogP contribution is -2.01. The van der Waals surface area contributed by atoms with E-state index in [1.807, 2.05) is 30.5 Å². The Bertz CT molecular complexity index is 722. The summed E-state index contributed by atoms with van der Waals surface area (Å²) in [6.07, 6.45) is 5.27. The van der Waals surface area contributed by atoms with Gasteiger partial charge in [0.05, 0.1) is 18.4 Å². The molecule has 0 fully saturated rings. The number of nitrogens with zero attached hydrogens (tertiary/aromatic N) is 4. The number of rotatable bonds is 4. The molecule has 6 heteroatoms. The molecule has 1 N–H and O–H groups in total. The third-order valence-corrected chi connectivity index (χ3v) is 2.73. The maximum absolute atomic E-state index is 8.67. The van der Waals surface area contributed by atoms with Crippen LogP contribution in [0.15, 0.2) is 53.3 Å². The van der Waals surface area contributed by atoms with Crippen LogP contribution in [0.4, 0.5) is 5.69 Å². The van der Waals surface area contributed by atoms with E-state index in [-0.39, 0.29) is 0 Å². The van der Waals surface area contributed by atoms with Crippen molar-refractivity contribution in [1.29, 1.82) is 5.26 Å². The molecule has 0 aliphatic carbocycles. The van der Waals surface area contributed by atoms with E-state index in [0.717, 1.165) is 11.5 Å². The highest BCUT2D eigenvalue weighted by molar-refractivity contribution is 5.43. The number of anilines is 1. The number of hydrogen-bond donors (Lipinski definition) is 1. The van der Waals surface area contributed by atoms with Gasteiger partial charge in [-0.05, 0) is 30.3 Å². The van der Waals surface area contributed by atoms with E-state index in [9.17, 15) is 0 Å². The second kappa shape index (κ2) is 5.28. The normalized spacial score (nSPS) is 10.2. The highest BCUT2D eigenvalue weighted by Gasteiger charge is 2.02. The second-order valence-corrected chi connectivity index (χ2v) is 4.09. The number of aromatic nitrogens is 3. The number of furan rings is 1. The average molecular weight is 265 g/mol. The van der Waals surface area contributed by atoms with Crippen LogP contribution in [0.2, 0.25) is 0 Å². The Morgan fingerprint density at radius 2 is 2.25 bits per heavy atom. The zero-order valence-electron chi connectivity index (χ0n) is 10.5. The molecular weight excluding hydrogens is 254 g/mol. The fourth-order valence-electron chi connectivity index (χ4n) is 1.75. The van der Waals surface area contributed by atoms with E-state index >= 15 is 0 Å². The molecule has 0 saturated heterocycles. The second-order valence-electron chi connectivity index (χ2n) is 4.09. The van der Waals surface area contributed by atoms with Gasteiger partial charge in [-0.3, -0.25) is 0 Å². The van der Waals surface area contributed by atoms with Crippen LogP contribution in [0.25, 0.3) is 5.82 Å². The molecule has 3 heterocycles. The molecule has 3 aromatic heterocycles. The van der Waals surface area contributed by atoms with Crippen molar-refractivity contribution in [2.75, 3.05) is 5.32 Å². The van der Waals surface area contributed by atoms with Gasteiger partial charge in [0.2, 0.25) is 5.76 Å². The summed E-state index contributed by atoms with van der Waals surface area (Å²) >= 11 is 0. The van der Waals surface area contributed by atoms with Crippen molar-refractivity contribution in [1.82, 2.24) is 14.8 Å². The molecule has 0 saturated carbocycles. The topological polar surface area (TPSA) is 79.7 Å². The van der Waals surface area contributed by atoms with E-state index in [4.69, 9.17) is 9.68 Å². The van der Waals surface area contributed by atoms with Crippen molar-refractivity contribution in [3.05, 3.63) is 60.4 Å². The van der Waals surface area contributed by atoms with E-state index in [2.05, 4.69) is 15.4 Å². The van der Waals surface area contributed by atoms with Crippen LogP contribution in [0.1, 0.15) is 11.5 Å². The number of nitrogens with one attached hydrogen (secondary N) is 1. The maximum atomic E-state index is 8.67. The highest BCUT2D eigenvalue weighted by Crippen LogP contribution is 2.12. The summed E-state index contributed by atoms with van der Waals surface area (Å²) in [6, 6.07) is 11.0. The Labute approximate surface area is 115 Å². The minimum atomic E-state index is 0.314. The largest absolute Gasteiger partial charge is 0.449 e. The van der Waals surface area contributed by atoms with Gasteiger partial charge in [0, 0.05) is 12.4 Å². The Balaban J connectivity index is 1.65. The van der Waals surface area contributed by atoms with Crippen LogP contribution in [0.3, 0.4) is 0 Å². The van der Waals surface area contributed by atoms with Gasteiger partial charge in [0.15, 0.2) is 5.82 Å². The van der Waals surface area contributed by atoms with Crippen molar-refractivity contribution in [3.63, 3.8) is 0 Å². The zero-order valence-corrected chi connectivity index (χ0v) is 10.5. The first-order valence-corrected chi connectivity index (χ1v) is 6.04. The zero-order chi connectivity index (χ0) is 13.8. The molecule has 0 amide bonds. The molecule has 0 spiro atoms. The molecule has 0 atom stereocenters. The molecule has 0 aromatic carbocycles. The molecule has 0 unspecified atom stereocenters. The van der Waals surface area contributed by atoms with Crippen molar-refractivity contribution < 1.29 is 4.42 Å². The van der Waals surface area contributed by atoms with Crippen molar-refractivity contribution in [2.45, 2.75) is 6.54 Å². The SMILES string of the molecule is N#Cc1ccc(CNc2ccc(-n3cccn3)nc2)o1. The number of hydrogen-bond acceptors (Lipinski definition) is 5. The summed E-state index contributed by atoms with van der Waals surface area (Å²) in [5.41, 5.74) is 0.871. The molecule has 98 valence electrons. The highest BCUT2D eigenvalue weighted by atomic mass is 16.3. The van der Waals surface area contributed by atoms with Gasteiger partial charge < -0.3 is 9.73 Å². The van der Waals surface area contributed by atoms with Gasteiger partial charge in [-0.1, -0.05) is 0 Å². The van der Waals surface area contributed by atoms with Gasteiger partial charge in [-0.15, -0.1) is 0 Å². The summed E-state index contributed by atoms with van der Waals surface area (Å²) < 4.78 is 6.97. The van der Waals surface area contributed by atoms with Gasteiger partial charge in [-0.25, -0.2) is 9.67 Å². The molecule has 0 aliphatic rings. The minimum Gasteiger partial charge on any atom is -0.449 e. The minimum absolute atomic E-state index is 0.314. The predicted octanol–water partition coefficient (Wildman–Crippen LogP) is 2.34. The lowest BCUT2D eigenvalue weighted by Gasteiger charge is -2.05. The standard InChI is InChI=1S/C14H11N5O/c15-8-12-3-4-13(20-12)10-16-11-2-5-14(17-9-11)19-7-1-6-18-19/h1-7,9,16H,10H2. The van der Waals surface area contributed by atoms with E-state index in [0.29, 0.717) is 18.1 Å². The van der Waals surface area contributed by atoms with Gasteiger partial charge in [0.25, 0.3) is 0 Å². The van der Waals surface area contributed by atoms with Crippen LogP contribution >= 0.6 is 0 Å². The molecule has 3 aromatic rings. The van der Waals surface area contributed by atoms with Crippen LogP contribution in [-0.2, 0) is 6.54 Å². The monoisotopic (exact) mass is 265 g/mol. The number of nitriles is 1. The summed E-state index contributed by atoms with van der Waals surface area (Å²) in [7, 11) is 0. The summed E-state index contributed by atoms with van der Waals surface area (Å²) in [6.45, 7) is 0.504. The molecule has 6 nitrogen and oxygen atoms in total. The van der Waals surface area contributed by atoms with E-state index in [1.165, 1.54) is 0 Å². The average Bonchev–Trinajstić information content (AvgIpc) is 3.17. The quantitative estimate of drug-likeness (QED) is 0.783. The van der Waals surface area contributed by atoms with Crippen molar-refractivity contribution in [2.24, 2.45) is 0 Å². The van der Waals surface area contributed by atoms with Crippen molar-refractivity contribution >= 4 is 5.69 Å². The summed E-state index contributed by atoms with van der Waals surface area (Å²) in [5.74, 6) is 1.77. The molecule has 3 rings (SSSR count). The summed E-state index contributed by atoms with van der Waals surface area (Å²) in [4.78, 5) is 4.31. The van der Waals surface area contributed by atoms with E-state index < -0.39 is 0 Å².